The van der Waals surface area contributed by atoms with Gasteiger partial charge in [0.15, 0.2) is 6.61 Å². The Morgan fingerprint density at radius 3 is 2.34 bits per heavy atom. The molecule has 35 heavy (non-hydrogen) atoms. The zero-order valence-electron chi connectivity index (χ0n) is 19.3. The van der Waals surface area contributed by atoms with Gasteiger partial charge in [0, 0.05) is 11.9 Å². The molecule has 0 saturated heterocycles. The van der Waals surface area contributed by atoms with Crippen LogP contribution in [0.25, 0.3) is 22.1 Å². The number of ether oxygens (including phenoxy) is 2. The highest BCUT2D eigenvalue weighted by Gasteiger charge is 2.13. The second-order valence-corrected chi connectivity index (χ2v) is 7.99. The van der Waals surface area contributed by atoms with Crippen LogP contribution in [0.15, 0.2) is 88.1 Å². The highest BCUT2D eigenvalue weighted by molar-refractivity contribution is 5.96. The van der Waals surface area contributed by atoms with Crippen LogP contribution in [-0.4, -0.2) is 31.6 Å². The first kappa shape index (κ1) is 23.8. The summed E-state index contributed by atoms with van der Waals surface area (Å²) in [6.45, 7) is 2.18. The number of benzene rings is 3. The number of carbonyl (C=O) groups excluding carboxylic acids is 2. The van der Waals surface area contributed by atoms with Gasteiger partial charge >= 0.3 is 11.6 Å². The van der Waals surface area contributed by atoms with Gasteiger partial charge in [0.2, 0.25) is 0 Å². The van der Waals surface area contributed by atoms with Crippen molar-refractivity contribution in [3.8, 4) is 16.9 Å². The van der Waals surface area contributed by atoms with E-state index in [2.05, 4.69) is 29.6 Å². The maximum absolute atomic E-state index is 12.3. The molecule has 0 fully saturated rings. The lowest BCUT2D eigenvalue weighted by atomic mass is 10.0. The molecule has 3 aromatic carbocycles. The minimum atomic E-state index is -0.698. The first-order valence-corrected chi connectivity index (χ1v) is 11.3. The van der Waals surface area contributed by atoms with Gasteiger partial charge in [-0.25, -0.2) is 9.59 Å². The van der Waals surface area contributed by atoms with E-state index in [-0.39, 0.29) is 25.3 Å². The summed E-state index contributed by atoms with van der Waals surface area (Å²) in [6.07, 6.45) is 0.391. The number of hydrogen-bond acceptors (Lipinski definition) is 6. The van der Waals surface area contributed by atoms with E-state index in [1.54, 1.807) is 36.4 Å². The summed E-state index contributed by atoms with van der Waals surface area (Å²) in [7, 11) is 0. The lowest BCUT2D eigenvalue weighted by Gasteiger charge is -2.09. The predicted molar refractivity (Wildman–Crippen MR) is 133 cm³/mol. The molecule has 0 atom stereocenters. The van der Waals surface area contributed by atoms with Gasteiger partial charge in [-0.2, -0.15) is 0 Å². The van der Waals surface area contributed by atoms with Crippen molar-refractivity contribution >= 4 is 22.8 Å². The summed E-state index contributed by atoms with van der Waals surface area (Å²) in [5.41, 5.74) is 3.02. The maximum Gasteiger partial charge on any atom is 0.349 e. The molecule has 0 aliphatic carbocycles. The predicted octanol–water partition coefficient (Wildman–Crippen LogP) is 4.51. The summed E-state index contributed by atoms with van der Waals surface area (Å²) in [6, 6.07) is 24.2. The zero-order chi connectivity index (χ0) is 24.6. The van der Waals surface area contributed by atoms with Gasteiger partial charge in [0.25, 0.3) is 5.91 Å². The molecule has 7 nitrogen and oxygen atoms in total. The largest absolute Gasteiger partial charge is 0.482 e. The van der Waals surface area contributed by atoms with E-state index in [9.17, 15) is 14.4 Å². The molecule has 1 heterocycles. The van der Waals surface area contributed by atoms with Crippen LogP contribution in [0, 0.1) is 6.92 Å². The van der Waals surface area contributed by atoms with Gasteiger partial charge in [-0.15, -0.1) is 0 Å². The third-order valence-corrected chi connectivity index (χ3v) is 5.35. The Hall–Kier alpha value is -4.39. The minimum absolute atomic E-state index is 0.0671. The number of aryl methyl sites for hydroxylation is 1. The molecule has 0 radical (unpaired) electrons. The summed E-state index contributed by atoms with van der Waals surface area (Å²) in [4.78, 5) is 36.3. The zero-order valence-corrected chi connectivity index (χ0v) is 19.3. The summed E-state index contributed by atoms with van der Waals surface area (Å²) < 4.78 is 15.8. The second-order valence-electron chi connectivity index (χ2n) is 7.99. The molecule has 1 N–H and O–H groups in total. The molecule has 1 aromatic heterocycles. The number of carbonyl (C=O) groups is 2. The number of para-hydroxylation sites is 1. The lowest BCUT2D eigenvalue weighted by molar-refractivity contribution is -0.146. The summed E-state index contributed by atoms with van der Waals surface area (Å²) in [5, 5.41) is 3.30. The molecule has 1 amide bonds. The van der Waals surface area contributed by atoms with Gasteiger partial charge in [-0.3, -0.25) is 4.79 Å². The topological polar surface area (TPSA) is 94.8 Å². The van der Waals surface area contributed by atoms with E-state index in [1.165, 1.54) is 11.6 Å². The van der Waals surface area contributed by atoms with Crippen molar-refractivity contribution in [3.63, 3.8) is 0 Å². The quantitative estimate of drug-likeness (QED) is 0.219. The fourth-order valence-corrected chi connectivity index (χ4v) is 3.45. The molecule has 4 aromatic rings. The first-order valence-electron chi connectivity index (χ1n) is 11.3. The summed E-state index contributed by atoms with van der Waals surface area (Å²) in [5.74, 6) is -0.471. The van der Waals surface area contributed by atoms with Gasteiger partial charge in [-0.1, -0.05) is 60.2 Å². The third kappa shape index (κ3) is 6.35. The average Bonchev–Trinajstić information content (AvgIpc) is 2.87. The molecular formula is C28H25NO6. The van der Waals surface area contributed by atoms with E-state index >= 15 is 0 Å². The van der Waals surface area contributed by atoms with E-state index in [0.29, 0.717) is 23.1 Å². The van der Waals surface area contributed by atoms with Crippen LogP contribution >= 0.6 is 0 Å². The van der Waals surface area contributed by atoms with Crippen molar-refractivity contribution in [2.75, 3.05) is 19.8 Å². The number of amides is 1. The summed E-state index contributed by atoms with van der Waals surface area (Å²) >= 11 is 0. The number of rotatable bonds is 9. The van der Waals surface area contributed by atoms with Crippen molar-refractivity contribution in [2.24, 2.45) is 0 Å². The third-order valence-electron chi connectivity index (χ3n) is 5.35. The van der Waals surface area contributed by atoms with Crippen LogP contribution in [0.3, 0.4) is 0 Å². The molecule has 4 rings (SSSR count). The highest BCUT2D eigenvalue weighted by Crippen LogP contribution is 2.22. The van der Waals surface area contributed by atoms with Crippen molar-refractivity contribution < 1.29 is 23.5 Å². The first-order chi connectivity index (χ1) is 17.0. The molecule has 0 aliphatic rings. The standard InChI is InChI=1S/C28H25NO6/c1-19-7-9-20(10-8-19)21-11-13-23(14-12-21)34-18-26(30)33-16-4-15-29-27(31)24-17-22-5-2-3-6-25(22)35-28(24)32/h2-3,5-14,17H,4,15-16,18H2,1H3,(H,29,31). The van der Waals surface area contributed by atoms with Crippen molar-refractivity contribution in [1.29, 1.82) is 0 Å². The molecule has 0 unspecified atom stereocenters. The molecular weight excluding hydrogens is 446 g/mol. The van der Waals surface area contributed by atoms with Crippen LogP contribution in [0.4, 0.5) is 0 Å². The van der Waals surface area contributed by atoms with Gasteiger partial charge < -0.3 is 19.2 Å². The molecule has 178 valence electrons. The second kappa shape index (κ2) is 11.2. The van der Waals surface area contributed by atoms with Crippen molar-refractivity contribution in [1.82, 2.24) is 5.32 Å². The smallest absolute Gasteiger partial charge is 0.349 e. The maximum atomic E-state index is 12.3. The normalized spacial score (nSPS) is 10.7. The molecule has 0 bridgehead atoms. The van der Waals surface area contributed by atoms with E-state index < -0.39 is 17.5 Å². The Balaban J connectivity index is 1.16. The fourth-order valence-electron chi connectivity index (χ4n) is 3.45. The number of fused-ring (bicyclic) bond motifs is 1. The Morgan fingerprint density at radius 1 is 0.914 bits per heavy atom. The van der Waals surface area contributed by atoms with Crippen LogP contribution < -0.4 is 15.7 Å². The van der Waals surface area contributed by atoms with Gasteiger partial charge in [0.05, 0.1) is 6.61 Å². The molecule has 7 heteroatoms. The monoisotopic (exact) mass is 471 g/mol. The number of nitrogens with one attached hydrogen (secondary N) is 1. The molecule has 0 saturated carbocycles. The molecule has 0 spiro atoms. The molecule has 0 aliphatic heterocycles. The number of hydrogen-bond donors (Lipinski definition) is 1. The number of esters is 1. The Kier molecular flexibility index (Phi) is 7.57. The van der Waals surface area contributed by atoms with Gasteiger partial charge in [-0.05, 0) is 48.7 Å². The Labute approximate surface area is 202 Å². The minimum Gasteiger partial charge on any atom is -0.482 e. The van der Waals surface area contributed by atoms with Crippen LogP contribution in [0.1, 0.15) is 22.3 Å². The van der Waals surface area contributed by atoms with Crippen LogP contribution in [0.5, 0.6) is 5.75 Å². The van der Waals surface area contributed by atoms with E-state index in [1.807, 2.05) is 19.1 Å². The van der Waals surface area contributed by atoms with Crippen LogP contribution in [-0.2, 0) is 9.53 Å². The van der Waals surface area contributed by atoms with Crippen LogP contribution in [0.2, 0.25) is 0 Å². The van der Waals surface area contributed by atoms with Crippen molar-refractivity contribution in [3.05, 3.63) is 100 Å². The lowest BCUT2D eigenvalue weighted by Crippen LogP contribution is -2.29. The Morgan fingerprint density at radius 2 is 1.60 bits per heavy atom. The van der Waals surface area contributed by atoms with Crippen molar-refractivity contribution in [2.45, 2.75) is 13.3 Å². The van der Waals surface area contributed by atoms with E-state index in [4.69, 9.17) is 13.9 Å². The SMILES string of the molecule is Cc1ccc(-c2ccc(OCC(=O)OCCCNC(=O)c3cc4ccccc4oc3=O)cc2)cc1. The van der Waals surface area contributed by atoms with Gasteiger partial charge in [0.1, 0.15) is 16.9 Å². The highest BCUT2D eigenvalue weighted by atomic mass is 16.6. The van der Waals surface area contributed by atoms with E-state index in [0.717, 1.165) is 11.1 Å². The Bertz CT molecular complexity index is 1370. The average molecular weight is 472 g/mol. The fraction of sp³-hybridized carbons (Fsp3) is 0.179.